The molecule has 2 aromatic rings. The lowest BCUT2D eigenvalue weighted by Crippen LogP contribution is -2.35. The summed E-state index contributed by atoms with van der Waals surface area (Å²) in [6.45, 7) is 2.76. The molecule has 1 fully saturated rings. The van der Waals surface area contributed by atoms with Crippen LogP contribution in [0.4, 0.5) is 15.8 Å². The molecule has 0 aromatic heterocycles. The Morgan fingerprint density at radius 2 is 1.83 bits per heavy atom. The molecule has 3 rings (SSSR count). The van der Waals surface area contributed by atoms with Gasteiger partial charge in [-0.15, -0.1) is 0 Å². The number of piperidine rings is 1. The topological polar surface area (TPSA) is 78.5 Å². The van der Waals surface area contributed by atoms with Gasteiger partial charge in [0.2, 0.25) is 15.9 Å². The minimum absolute atomic E-state index is 0.0816. The monoisotopic (exact) mass is 483 g/mol. The molecule has 6 nitrogen and oxygen atoms in total. The van der Waals surface area contributed by atoms with Crippen molar-refractivity contribution in [2.75, 3.05) is 30.3 Å². The number of halogens is 2. The van der Waals surface area contributed by atoms with Crippen molar-refractivity contribution in [3.8, 4) is 0 Å². The highest BCUT2D eigenvalue weighted by Crippen LogP contribution is 2.25. The van der Waals surface area contributed by atoms with Gasteiger partial charge >= 0.3 is 0 Å². The number of anilines is 2. The van der Waals surface area contributed by atoms with Crippen molar-refractivity contribution in [3.05, 3.63) is 52.3 Å². The molecule has 0 unspecified atom stereocenters. The molecule has 29 heavy (non-hydrogen) atoms. The summed E-state index contributed by atoms with van der Waals surface area (Å²) in [6, 6.07) is 9.21. The van der Waals surface area contributed by atoms with E-state index < -0.39 is 21.7 Å². The van der Waals surface area contributed by atoms with Crippen LogP contribution in [0.15, 0.2) is 45.8 Å². The minimum Gasteiger partial charge on any atom is -0.376 e. The number of amides is 1. The van der Waals surface area contributed by atoms with E-state index in [1.807, 2.05) is 6.92 Å². The van der Waals surface area contributed by atoms with Crippen LogP contribution in [0.1, 0.15) is 24.8 Å². The number of carbonyl (C=O) groups excluding carboxylic acids is 1. The van der Waals surface area contributed by atoms with Gasteiger partial charge in [-0.25, -0.2) is 12.8 Å². The van der Waals surface area contributed by atoms with E-state index in [9.17, 15) is 17.6 Å². The number of sulfonamides is 1. The summed E-state index contributed by atoms with van der Waals surface area (Å²) < 4.78 is 41.7. The number of hydrogen-bond donors (Lipinski definition) is 2. The summed E-state index contributed by atoms with van der Waals surface area (Å²) >= 11 is 3.17. The highest BCUT2D eigenvalue weighted by molar-refractivity contribution is 9.10. The second kappa shape index (κ2) is 9.23. The molecule has 2 aromatic carbocycles. The molecule has 0 bridgehead atoms. The van der Waals surface area contributed by atoms with Gasteiger partial charge in [0.25, 0.3) is 0 Å². The molecule has 0 aliphatic carbocycles. The largest absolute Gasteiger partial charge is 0.376 e. The first-order valence-electron chi connectivity index (χ1n) is 9.37. The summed E-state index contributed by atoms with van der Waals surface area (Å²) in [7, 11) is -3.56. The Kier molecular flexibility index (Phi) is 6.92. The van der Waals surface area contributed by atoms with E-state index in [1.54, 1.807) is 24.3 Å². The molecular weight excluding hydrogens is 461 g/mol. The van der Waals surface area contributed by atoms with Crippen LogP contribution in [-0.2, 0) is 14.8 Å². The van der Waals surface area contributed by atoms with Crippen molar-refractivity contribution in [1.29, 1.82) is 0 Å². The summed E-state index contributed by atoms with van der Waals surface area (Å²) in [5.41, 5.74) is 1.44. The van der Waals surface area contributed by atoms with Crippen LogP contribution in [0.3, 0.4) is 0 Å². The average Bonchev–Trinajstić information content (AvgIpc) is 2.70. The van der Waals surface area contributed by atoms with Crippen LogP contribution in [0.5, 0.6) is 0 Å². The van der Waals surface area contributed by atoms with E-state index in [0.717, 1.165) is 24.8 Å². The van der Waals surface area contributed by atoms with Crippen molar-refractivity contribution in [2.24, 2.45) is 0 Å². The summed E-state index contributed by atoms with van der Waals surface area (Å²) in [5.74, 6) is -0.978. The molecular formula is C20H23BrFN3O3S. The fraction of sp³-hybridized carbons (Fsp3) is 0.350. The maximum absolute atomic E-state index is 13.9. The normalized spacial score (nSPS) is 15.1. The third-order valence-electron chi connectivity index (χ3n) is 4.81. The van der Waals surface area contributed by atoms with Crippen LogP contribution < -0.4 is 10.6 Å². The molecule has 1 aliphatic heterocycles. The van der Waals surface area contributed by atoms with E-state index in [2.05, 4.69) is 26.6 Å². The first-order valence-corrected chi connectivity index (χ1v) is 11.6. The second-order valence-electron chi connectivity index (χ2n) is 6.97. The molecule has 0 spiro atoms. The Morgan fingerprint density at radius 3 is 2.52 bits per heavy atom. The third kappa shape index (κ3) is 5.34. The third-order valence-corrected chi connectivity index (χ3v) is 7.19. The fourth-order valence-corrected chi connectivity index (χ4v) is 5.04. The molecule has 0 saturated carbocycles. The molecule has 0 atom stereocenters. The zero-order valence-electron chi connectivity index (χ0n) is 16.0. The second-order valence-corrected chi connectivity index (χ2v) is 9.82. The number of nitrogens with one attached hydrogen (secondary N) is 2. The number of rotatable bonds is 6. The van der Waals surface area contributed by atoms with Crippen molar-refractivity contribution in [1.82, 2.24) is 4.31 Å². The highest BCUT2D eigenvalue weighted by atomic mass is 79.9. The predicted molar refractivity (Wildman–Crippen MR) is 115 cm³/mol. The minimum atomic E-state index is -3.56. The standard InChI is InChI=1S/C20H23BrFN3O3S/c1-14-5-7-16(29(27,28)25-9-3-2-4-10-25)12-19(14)23-13-20(26)24-18-8-6-15(21)11-17(18)22/h5-8,11-12,23H,2-4,9-10,13H2,1H3,(H,24,26). The van der Waals surface area contributed by atoms with Gasteiger partial charge in [0.15, 0.2) is 0 Å². The van der Waals surface area contributed by atoms with Crippen LogP contribution in [0.2, 0.25) is 0 Å². The number of nitrogens with zero attached hydrogens (tertiary/aromatic N) is 1. The Bertz CT molecular complexity index is 1010. The SMILES string of the molecule is Cc1ccc(S(=O)(=O)N2CCCCC2)cc1NCC(=O)Nc1ccc(Br)cc1F. The Balaban J connectivity index is 1.69. The molecule has 9 heteroatoms. The van der Waals surface area contributed by atoms with E-state index in [0.29, 0.717) is 23.2 Å². The smallest absolute Gasteiger partial charge is 0.243 e. The van der Waals surface area contributed by atoms with Gasteiger partial charge in [0, 0.05) is 23.2 Å². The Morgan fingerprint density at radius 1 is 1.10 bits per heavy atom. The molecule has 156 valence electrons. The number of hydrogen-bond acceptors (Lipinski definition) is 4. The first-order chi connectivity index (χ1) is 13.8. The fourth-order valence-electron chi connectivity index (χ4n) is 3.17. The molecule has 2 N–H and O–H groups in total. The summed E-state index contributed by atoms with van der Waals surface area (Å²) in [4.78, 5) is 12.4. The van der Waals surface area contributed by atoms with Crippen LogP contribution in [-0.4, -0.2) is 38.3 Å². The summed E-state index contributed by atoms with van der Waals surface area (Å²) in [5, 5.41) is 5.45. The number of benzene rings is 2. The van der Waals surface area contributed by atoms with Gasteiger partial charge in [-0.05, 0) is 55.7 Å². The zero-order chi connectivity index (χ0) is 21.0. The zero-order valence-corrected chi connectivity index (χ0v) is 18.4. The quantitative estimate of drug-likeness (QED) is 0.647. The van der Waals surface area contributed by atoms with Crippen molar-refractivity contribution >= 4 is 43.2 Å². The number of aryl methyl sites for hydroxylation is 1. The molecule has 0 radical (unpaired) electrons. The van der Waals surface area contributed by atoms with Crippen LogP contribution >= 0.6 is 15.9 Å². The van der Waals surface area contributed by atoms with E-state index in [4.69, 9.17) is 0 Å². The van der Waals surface area contributed by atoms with Gasteiger partial charge in [0.1, 0.15) is 5.82 Å². The average molecular weight is 484 g/mol. The maximum atomic E-state index is 13.9. The van der Waals surface area contributed by atoms with Gasteiger partial charge < -0.3 is 10.6 Å². The van der Waals surface area contributed by atoms with Gasteiger partial charge in [-0.2, -0.15) is 4.31 Å². The molecule has 1 aliphatic rings. The number of carbonyl (C=O) groups is 1. The molecule has 1 saturated heterocycles. The van der Waals surface area contributed by atoms with Gasteiger partial charge in [-0.1, -0.05) is 28.4 Å². The molecule has 1 amide bonds. The van der Waals surface area contributed by atoms with Crippen molar-refractivity contribution < 1.29 is 17.6 Å². The lowest BCUT2D eigenvalue weighted by molar-refractivity contribution is -0.114. The van der Waals surface area contributed by atoms with Crippen LogP contribution in [0, 0.1) is 12.7 Å². The Labute approximate surface area is 178 Å². The molecule has 1 heterocycles. The Hall–Kier alpha value is -1.97. The predicted octanol–water partition coefficient (Wildman–Crippen LogP) is 4.12. The van der Waals surface area contributed by atoms with E-state index in [-0.39, 0.29) is 17.1 Å². The van der Waals surface area contributed by atoms with Crippen molar-refractivity contribution in [3.63, 3.8) is 0 Å². The van der Waals surface area contributed by atoms with E-state index in [1.165, 1.54) is 16.4 Å². The first kappa shape index (κ1) is 21.7. The van der Waals surface area contributed by atoms with Gasteiger partial charge in [-0.3, -0.25) is 4.79 Å². The van der Waals surface area contributed by atoms with Crippen molar-refractivity contribution in [2.45, 2.75) is 31.1 Å². The highest BCUT2D eigenvalue weighted by Gasteiger charge is 2.26. The summed E-state index contributed by atoms with van der Waals surface area (Å²) in [6.07, 6.45) is 2.77. The lowest BCUT2D eigenvalue weighted by Gasteiger charge is -2.26. The van der Waals surface area contributed by atoms with Gasteiger partial charge in [0.05, 0.1) is 17.1 Å². The maximum Gasteiger partial charge on any atom is 0.243 e. The van der Waals surface area contributed by atoms with Crippen LogP contribution in [0.25, 0.3) is 0 Å². The van der Waals surface area contributed by atoms with E-state index >= 15 is 0 Å². The lowest BCUT2D eigenvalue weighted by atomic mass is 10.2.